The minimum Gasteiger partial charge on any atom is -0.481 e. The molecule has 0 aromatic carbocycles. The molecular formula is C9H12N2O2S. The first-order valence-electron chi connectivity index (χ1n) is 4.77. The molecule has 1 aromatic rings. The van der Waals surface area contributed by atoms with Crippen molar-refractivity contribution in [2.24, 2.45) is 0 Å². The van der Waals surface area contributed by atoms with Crippen LogP contribution < -0.4 is 0 Å². The lowest BCUT2D eigenvalue weighted by molar-refractivity contribution is -0.145. The third kappa shape index (κ3) is 1.41. The number of hydrogen-bond acceptors (Lipinski definition) is 4. The summed E-state index contributed by atoms with van der Waals surface area (Å²) in [5, 5.41) is 15.0. The van der Waals surface area contributed by atoms with E-state index in [2.05, 4.69) is 9.59 Å². The molecule has 5 heteroatoms. The summed E-state index contributed by atoms with van der Waals surface area (Å²) in [7, 11) is 0. The summed E-state index contributed by atoms with van der Waals surface area (Å²) in [5.41, 5.74) is -0.0969. The van der Waals surface area contributed by atoms with Gasteiger partial charge in [0.05, 0.1) is 5.69 Å². The molecule has 0 atom stereocenters. The van der Waals surface area contributed by atoms with Gasteiger partial charge in [0.2, 0.25) is 0 Å². The number of nitrogens with zero attached hydrogens (tertiary/aromatic N) is 2. The van der Waals surface area contributed by atoms with Crippen LogP contribution in [0.2, 0.25) is 0 Å². The van der Waals surface area contributed by atoms with Gasteiger partial charge in [-0.15, -0.1) is 5.10 Å². The van der Waals surface area contributed by atoms with Gasteiger partial charge in [0.15, 0.2) is 0 Å². The number of rotatable bonds is 2. The Labute approximate surface area is 86.1 Å². The first kappa shape index (κ1) is 9.58. The summed E-state index contributed by atoms with van der Waals surface area (Å²) in [4.78, 5) is 11.3. The fraction of sp³-hybridized carbons (Fsp3) is 0.667. The topological polar surface area (TPSA) is 63.1 Å². The Morgan fingerprint density at radius 3 is 2.64 bits per heavy atom. The quantitative estimate of drug-likeness (QED) is 0.812. The molecule has 14 heavy (non-hydrogen) atoms. The lowest BCUT2D eigenvalue weighted by Gasteiger charge is -2.30. The van der Waals surface area contributed by atoms with Crippen molar-refractivity contribution in [3.05, 3.63) is 11.1 Å². The highest BCUT2D eigenvalue weighted by molar-refractivity contribution is 7.03. The van der Waals surface area contributed by atoms with Crippen molar-refractivity contribution in [1.82, 2.24) is 9.59 Å². The molecule has 0 amide bonds. The molecule has 0 radical (unpaired) electrons. The van der Waals surface area contributed by atoms with Gasteiger partial charge < -0.3 is 5.11 Å². The zero-order valence-corrected chi connectivity index (χ0v) is 8.59. The van der Waals surface area contributed by atoms with Gasteiger partial charge in [0, 0.05) is 5.38 Å². The molecule has 0 aliphatic heterocycles. The molecule has 0 bridgehead atoms. The van der Waals surface area contributed by atoms with Crippen molar-refractivity contribution in [2.45, 2.75) is 37.5 Å². The zero-order chi connectivity index (χ0) is 10.0. The normalized spacial score (nSPS) is 20.6. The number of carboxylic acids is 1. The summed E-state index contributed by atoms with van der Waals surface area (Å²) in [6, 6.07) is 0. The molecule has 0 unspecified atom stereocenters. The highest BCUT2D eigenvalue weighted by Gasteiger charge is 2.43. The summed E-state index contributed by atoms with van der Waals surface area (Å²) < 4.78 is 3.75. The Morgan fingerprint density at radius 2 is 2.14 bits per heavy atom. The molecule has 0 spiro atoms. The smallest absolute Gasteiger partial charge is 0.315 e. The molecule has 1 heterocycles. The van der Waals surface area contributed by atoms with Gasteiger partial charge in [0.25, 0.3) is 0 Å². The molecule has 4 nitrogen and oxygen atoms in total. The third-order valence-electron chi connectivity index (χ3n) is 2.97. The van der Waals surface area contributed by atoms with Crippen molar-refractivity contribution >= 4 is 17.5 Å². The average Bonchev–Trinajstić information content (AvgIpc) is 2.72. The number of aromatic nitrogens is 2. The van der Waals surface area contributed by atoms with E-state index < -0.39 is 11.4 Å². The SMILES string of the molecule is O=C(O)C1(c2csnn2)CCCCC1. The highest BCUT2D eigenvalue weighted by Crippen LogP contribution is 2.38. The number of hydrogen-bond donors (Lipinski definition) is 1. The molecule has 1 aliphatic carbocycles. The van der Waals surface area contributed by atoms with Gasteiger partial charge in [-0.2, -0.15) is 0 Å². The first-order chi connectivity index (χ1) is 6.76. The molecule has 76 valence electrons. The van der Waals surface area contributed by atoms with Crippen molar-refractivity contribution in [1.29, 1.82) is 0 Å². The van der Waals surface area contributed by atoms with Crippen LogP contribution in [0.4, 0.5) is 0 Å². The fourth-order valence-corrected chi connectivity index (χ4v) is 2.66. The van der Waals surface area contributed by atoms with Crippen molar-refractivity contribution in [3.63, 3.8) is 0 Å². The van der Waals surface area contributed by atoms with E-state index in [-0.39, 0.29) is 0 Å². The largest absolute Gasteiger partial charge is 0.481 e. The lowest BCUT2D eigenvalue weighted by atomic mass is 9.72. The molecular weight excluding hydrogens is 200 g/mol. The summed E-state index contributed by atoms with van der Waals surface area (Å²) >= 11 is 1.22. The van der Waals surface area contributed by atoms with Crippen LogP contribution in [0.3, 0.4) is 0 Å². The maximum Gasteiger partial charge on any atom is 0.315 e. The minimum absolute atomic E-state index is 0.648. The van der Waals surface area contributed by atoms with Gasteiger partial charge in [0.1, 0.15) is 5.41 Å². The van der Waals surface area contributed by atoms with E-state index in [1.807, 2.05) is 0 Å². The maximum atomic E-state index is 11.3. The molecule has 1 aliphatic rings. The Kier molecular flexibility index (Phi) is 2.50. The van der Waals surface area contributed by atoms with Crippen LogP contribution >= 0.6 is 11.5 Å². The van der Waals surface area contributed by atoms with Crippen LogP contribution in [0.5, 0.6) is 0 Å². The number of aliphatic carboxylic acids is 1. The molecule has 2 rings (SSSR count). The Bertz CT molecular complexity index is 318. The van der Waals surface area contributed by atoms with Gasteiger partial charge in [-0.1, -0.05) is 23.8 Å². The summed E-state index contributed by atoms with van der Waals surface area (Å²) in [6.07, 6.45) is 4.49. The standard InChI is InChI=1S/C9H12N2O2S/c12-8(13)9(4-2-1-3-5-9)7-6-14-11-10-7/h6H,1-5H2,(H,12,13). The van der Waals surface area contributed by atoms with Crippen LogP contribution in [0.25, 0.3) is 0 Å². The maximum absolute atomic E-state index is 11.3. The lowest BCUT2D eigenvalue weighted by Crippen LogP contribution is -2.38. The zero-order valence-electron chi connectivity index (χ0n) is 7.77. The van der Waals surface area contributed by atoms with E-state index in [1.165, 1.54) is 11.5 Å². The first-order valence-corrected chi connectivity index (χ1v) is 5.60. The van der Waals surface area contributed by atoms with Crippen LogP contribution in [-0.4, -0.2) is 20.7 Å². The van der Waals surface area contributed by atoms with Gasteiger partial charge >= 0.3 is 5.97 Å². The Morgan fingerprint density at radius 1 is 1.43 bits per heavy atom. The van der Waals surface area contributed by atoms with Gasteiger partial charge in [-0.05, 0) is 24.4 Å². The van der Waals surface area contributed by atoms with E-state index in [0.29, 0.717) is 18.5 Å². The van der Waals surface area contributed by atoms with Gasteiger partial charge in [-0.3, -0.25) is 4.79 Å². The van der Waals surface area contributed by atoms with Crippen molar-refractivity contribution in [3.8, 4) is 0 Å². The third-order valence-corrected chi connectivity index (χ3v) is 3.47. The van der Waals surface area contributed by atoms with Crippen LogP contribution in [-0.2, 0) is 10.2 Å². The van der Waals surface area contributed by atoms with E-state index in [4.69, 9.17) is 0 Å². The molecule has 0 saturated heterocycles. The van der Waals surface area contributed by atoms with E-state index >= 15 is 0 Å². The second kappa shape index (κ2) is 3.65. The molecule has 1 saturated carbocycles. The van der Waals surface area contributed by atoms with E-state index in [1.54, 1.807) is 5.38 Å². The predicted octanol–water partition coefficient (Wildman–Crippen LogP) is 1.82. The van der Waals surface area contributed by atoms with Gasteiger partial charge in [-0.25, -0.2) is 0 Å². The molecule has 1 fully saturated rings. The Balaban J connectivity index is 2.35. The predicted molar refractivity (Wildman–Crippen MR) is 52.3 cm³/mol. The van der Waals surface area contributed by atoms with Crippen LogP contribution in [0.15, 0.2) is 5.38 Å². The van der Waals surface area contributed by atoms with Crippen LogP contribution in [0, 0.1) is 0 Å². The Hall–Kier alpha value is -0.970. The number of carboxylic acid groups (broad SMARTS) is 1. The van der Waals surface area contributed by atoms with Crippen LogP contribution in [0.1, 0.15) is 37.8 Å². The van der Waals surface area contributed by atoms with Crippen molar-refractivity contribution in [2.75, 3.05) is 0 Å². The second-order valence-electron chi connectivity index (χ2n) is 3.74. The summed E-state index contributed by atoms with van der Waals surface area (Å²) in [6.45, 7) is 0. The molecule has 1 N–H and O–H groups in total. The second-order valence-corrected chi connectivity index (χ2v) is 4.35. The number of carbonyl (C=O) groups is 1. The van der Waals surface area contributed by atoms with E-state index in [9.17, 15) is 9.90 Å². The average molecular weight is 212 g/mol. The molecule has 1 aromatic heterocycles. The monoisotopic (exact) mass is 212 g/mol. The summed E-state index contributed by atoms with van der Waals surface area (Å²) in [5.74, 6) is -0.745. The minimum atomic E-state index is -0.745. The fourth-order valence-electron chi connectivity index (χ4n) is 2.11. The van der Waals surface area contributed by atoms with E-state index in [0.717, 1.165) is 19.3 Å². The highest BCUT2D eigenvalue weighted by atomic mass is 32.1. The van der Waals surface area contributed by atoms with Crippen molar-refractivity contribution < 1.29 is 9.90 Å².